The minimum Gasteiger partial charge on any atom is -0.506 e. The first-order valence-electron chi connectivity index (χ1n) is 6.09. The van der Waals surface area contributed by atoms with Gasteiger partial charge in [0, 0.05) is 36.0 Å². The molecule has 0 atom stereocenters. The van der Waals surface area contributed by atoms with Gasteiger partial charge in [-0.1, -0.05) is 0 Å². The van der Waals surface area contributed by atoms with E-state index in [0.717, 1.165) is 0 Å². The summed E-state index contributed by atoms with van der Waals surface area (Å²) in [6, 6.07) is 1.12. The quantitative estimate of drug-likeness (QED) is 0.759. The van der Waals surface area contributed by atoms with E-state index in [9.17, 15) is 23.4 Å². The number of aromatic nitrogens is 1. The van der Waals surface area contributed by atoms with Crippen molar-refractivity contribution in [2.75, 3.05) is 5.32 Å². The topological polar surface area (TPSA) is 65.4 Å². The number of aryl methyl sites for hydroxylation is 1. The molecule has 0 bridgehead atoms. The molecule has 7 heteroatoms. The van der Waals surface area contributed by atoms with Gasteiger partial charge in [0.1, 0.15) is 11.6 Å². The Bertz CT molecular complexity index is 678. The van der Waals surface area contributed by atoms with Crippen molar-refractivity contribution < 1.29 is 23.4 Å². The number of aliphatic hydroxyl groups excluding tert-OH is 1. The smallest absolute Gasteiger partial charge is 0.161 e. The van der Waals surface area contributed by atoms with Crippen LogP contribution in [-0.2, 0) is 13.2 Å². The maximum atomic E-state index is 13.5. The zero-order chi connectivity index (χ0) is 15.6. The number of pyridine rings is 1. The van der Waals surface area contributed by atoms with Crippen molar-refractivity contribution in [1.29, 1.82) is 0 Å². The summed E-state index contributed by atoms with van der Waals surface area (Å²) in [6.07, 6.45) is 1.38. The van der Waals surface area contributed by atoms with Crippen molar-refractivity contribution in [2.45, 2.75) is 20.1 Å². The first-order chi connectivity index (χ1) is 9.93. The Labute approximate surface area is 118 Å². The molecule has 2 aromatic rings. The molecule has 1 aromatic carbocycles. The highest BCUT2D eigenvalue weighted by Crippen LogP contribution is 2.26. The lowest BCUT2D eigenvalue weighted by molar-refractivity contribution is 0.279. The van der Waals surface area contributed by atoms with E-state index in [1.54, 1.807) is 6.92 Å². The third-order valence-corrected chi connectivity index (χ3v) is 3.07. The molecule has 0 amide bonds. The summed E-state index contributed by atoms with van der Waals surface area (Å²) in [5.41, 5.74) is 0.768. The number of rotatable bonds is 4. The molecule has 0 radical (unpaired) electrons. The first kappa shape index (κ1) is 15.1. The van der Waals surface area contributed by atoms with E-state index in [2.05, 4.69) is 10.3 Å². The Hall–Kier alpha value is -2.28. The van der Waals surface area contributed by atoms with Crippen molar-refractivity contribution in [3.05, 3.63) is 52.6 Å². The fraction of sp³-hybridized carbons (Fsp3) is 0.214. The molecule has 0 aliphatic heterocycles. The average molecular weight is 298 g/mol. The van der Waals surface area contributed by atoms with Crippen LogP contribution < -0.4 is 5.32 Å². The number of aliphatic hydroxyl groups is 1. The minimum atomic E-state index is -1.28. The average Bonchev–Trinajstić information content (AvgIpc) is 2.45. The van der Waals surface area contributed by atoms with Crippen molar-refractivity contribution in [2.24, 2.45) is 0 Å². The molecule has 0 saturated heterocycles. The number of aromatic hydroxyl groups is 1. The highest BCUT2D eigenvalue weighted by atomic mass is 19.2. The Morgan fingerprint density at radius 3 is 2.48 bits per heavy atom. The predicted octanol–water partition coefficient (Wildman–Crippen LogP) is 2.62. The fourth-order valence-corrected chi connectivity index (χ4v) is 1.86. The van der Waals surface area contributed by atoms with Crippen LogP contribution in [0.1, 0.15) is 16.8 Å². The minimum absolute atomic E-state index is 0.0763. The number of nitrogens with one attached hydrogen (secondary N) is 1. The van der Waals surface area contributed by atoms with Gasteiger partial charge in [0.25, 0.3) is 0 Å². The summed E-state index contributed by atoms with van der Waals surface area (Å²) in [7, 11) is 0. The molecule has 1 aromatic heterocycles. The Morgan fingerprint density at radius 2 is 1.81 bits per heavy atom. The summed E-state index contributed by atoms with van der Waals surface area (Å²) < 4.78 is 39.4. The van der Waals surface area contributed by atoms with Crippen molar-refractivity contribution >= 4 is 5.69 Å². The summed E-state index contributed by atoms with van der Waals surface area (Å²) in [4.78, 5) is 3.89. The third kappa shape index (κ3) is 3.08. The summed E-state index contributed by atoms with van der Waals surface area (Å²) >= 11 is 0. The number of nitrogens with zero attached hydrogens (tertiary/aromatic N) is 1. The van der Waals surface area contributed by atoms with Gasteiger partial charge in [-0.25, -0.2) is 13.2 Å². The maximum Gasteiger partial charge on any atom is 0.161 e. The van der Waals surface area contributed by atoms with Gasteiger partial charge in [0.2, 0.25) is 0 Å². The predicted molar refractivity (Wildman–Crippen MR) is 70.2 cm³/mol. The van der Waals surface area contributed by atoms with E-state index in [0.29, 0.717) is 29.0 Å². The van der Waals surface area contributed by atoms with Crippen molar-refractivity contribution in [3.8, 4) is 5.75 Å². The second-order valence-electron chi connectivity index (χ2n) is 4.45. The van der Waals surface area contributed by atoms with Crippen LogP contribution in [0.4, 0.5) is 18.9 Å². The van der Waals surface area contributed by atoms with Crippen LogP contribution in [0.3, 0.4) is 0 Å². The summed E-state index contributed by atoms with van der Waals surface area (Å²) in [6.45, 7) is 1.13. The van der Waals surface area contributed by atoms with Crippen LogP contribution in [0.5, 0.6) is 5.75 Å². The van der Waals surface area contributed by atoms with Gasteiger partial charge in [-0.2, -0.15) is 0 Å². The largest absolute Gasteiger partial charge is 0.506 e. The molecule has 21 heavy (non-hydrogen) atoms. The van der Waals surface area contributed by atoms with Crippen molar-refractivity contribution in [3.63, 3.8) is 0 Å². The van der Waals surface area contributed by atoms with Crippen LogP contribution in [0, 0.1) is 24.4 Å². The lowest BCUT2D eigenvalue weighted by Gasteiger charge is -2.13. The maximum absolute atomic E-state index is 13.5. The van der Waals surface area contributed by atoms with Crippen LogP contribution in [0.2, 0.25) is 0 Å². The van der Waals surface area contributed by atoms with Gasteiger partial charge in [-0.3, -0.25) is 4.98 Å². The van der Waals surface area contributed by atoms with E-state index in [1.807, 2.05) is 0 Å². The Morgan fingerprint density at radius 1 is 1.14 bits per heavy atom. The van der Waals surface area contributed by atoms with E-state index in [4.69, 9.17) is 0 Å². The molecule has 4 nitrogen and oxygen atoms in total. The molecule has 0 aliphatic carbocycles. The molecular formula is C14H13F3N2O2. The fourth-order valence-electron chi connectivity index (χ4n) is 1.86. The lowest BCUT2D eigenvalue weighted by Crippen LogP contribution is -2.07. The normalized spacial score (nSPS) is 10.7. The van der Waals surface area contributed by atoms with Gasteiger partial charge in [0.15, 0.2) is 11.6 Å². The number of hydrogen-bond donors (Lipinski definition) is 3. The number of hydrogen-bond acceptors (Lipinski definition) is 4. The van der Waals surface area contributed by atoms with E-state index in [1.165, 1.54) is 6.20 Å². The molecule has 3 N–H and O–H groups in total. The van der Waals surface area contributed by atoms with Gasteiger partial charge in [0.05, 0.1) is 18.0 Å². The zero-order valence-corrected chi connectivity index (χ0v) is 11.1. The van der Waals surface area contributed by atoms with Crippen LogP contribution in [0.25, 0.3) is 0 Å². The van der Waals surface area contributed by atoms with E-state index in [-0.39, 0.29) is 24.6 Å². The monoisotopic (exact) mass is 298 g/mol. The number of halogens is 3. The van der Waals surface area contributed by atoms with E-state index < -0.39 is 17.5 Å². The summed E-state index contributed by atoms with van der Waals surface area (Å²) in [5, 5.41) is 21.7. The number of anilines is 1. The Balaban J connectivity index is 2.28. The summed E-state index contributed by atoms with van der Waals surface area (Å²) in [5.74, 6) is -3.56. The van der Waals surface area contributed by atoms with Gasteiger partial charge in [-0.15, -0.1) is 0 Å². The Kier molecular flexibility index (Phi) is 4.32. The van der Waals surface area contributed by atoms with Crippen LogP contribution in [0.15, 0.2) is 18.3 Å². The van der Waals surface area contributed by atoms with Gasteiger partial charge < -0.3 is 15.5 Å². The molecule has 2 rings (SSSR count). The van der Waals surface area contributed by atoms with E-state index >= 15 is 0 Å². The SMILES string of the molecule is Cc1ncc(CO)c(CNc2cc(F)c(F)cc2F)c1O. The highest BCUT2D eigenvalue weighted by molar-refractivity contribution is 5.48. The number of benzene rings is 1. The molecule has 112 valence electrons. The third-order valence-electron chi connectivity index (χ3n) is 3.07. The van der Waals surface area contributed by atoms with Crippen LogP contribution in [-0.4, -0.2) is 15.2 Å². The molecule has 0 unspecified atom stereocenters. The molecule has 0 fully saturated rings. The van der Waals surface area contributed by atoms with Gasteiger partial charge >= 0.3 is 0 Å². The molecular weight excluding hydrogens is 285 g/mol. The molecule has 1 heterocycles. The lowest BCUT2D eigenvalue weighted by atomic mass is 10.1. The zero-order valence-electron chi connectivity index (χ0n) is 11.1. The van der Waals surface area contributed by atoms with Crippen LogP contribution >= 0.6 is 0 Å². The second kappa shape index (κ2) is 6.01. The highest BCUT2D eigenvalue weighted by Gasteiger charge is 2.14. The first-order valence-corrected chi connectivity index (χ1v) is 6.09. The molecule has 0 spiro atoms. The molecule has 0 saturated carbocycles. The second-order valence-corrected chi connectivity index (χ2v) is 4.45. The standard InChI is InChI=1S/C14H13F3N2O2/c1-7-14(21)9(8(6-20)4-18-7)5-19-13-3-11(16)10(15)2-12(13)17/h2-4,19-21H,5-6H2,1H3. The van der Waals surface area contributed by atoms with Crippen molar-refractivity contribution in [1.82, 2.24) is 4.98 Å². The molecule has 0 aliphatic rings. The van der Waals surface area contributed by atoms with Gasteiger partial charge in [-0.05, 0) is 6.92 Å².